The molecule has 0 bridgehead atoms. The van der Waals surface area contributed by atoms with E-state index in [9.17, 15) is 0 Å². The summed E-state index contributed by atoms with van der Waals surface area (Å²) in [6.07, 6.45) is 0.0998. The number of ether oxygens (including phenoxy) is 2. The zero-order valence-electron chi connectivity index (χ0n) is 7.90. The molecule has 0 fully saturated rings. The third kappa shape index (κ3) is 2.16. The van der Waals surface area contributed by atoms with Gasteiger partial charge < -0.3 is 15.2 Å². The first-order valence-corrected chi connectivity index (χ1v) is 3.76. The lowest BCUT2D eigenvalue weighted by molar-refractivity contribution is 0.134. The maximum absolute atomic E-state index is 5.85. The van der Waals surface area contributed by atoms with Crippen LogP contribution in [0.5, 0.6) is 6.08 Å². The average molecular weight is 187 g/mol. The molecular weight excluding hydrogens is 174 g/mol. The number of hydrogen-bond acceptors (Lipinski definition) is 6. The Morgan fingerprint density at radius 1 is 1.54 bits per heavy atom. The van der Waals surface area contributed by atoms with Crippen LogP contribution in [0.4, 0.5) is 0 Å². The highest BCUT2D eigenvalue weighted by atomic mass is 16.6. The molecule has 0 radical (unpaired) electrons. The summed E-state index contributed by atoms with van der Waals surface area (Å²) in [7, 11) is 3.00. The summed E-state index contributed by atoms with van der Waals surface area (Å²) in [6, 6.07) is 0. The van der Waals surface area contributed by atoms with Crippen molar-refractivity contribution in [1.82, 2.24) is 10.1 Å². The van der Waals surface area contributed by atoms with Gasteiger partial charge in [0.25, 0.3) is 0 Å². The van der Waals surface area contributed by atoms with Gasteiger partial charge in [-0.15, -0.1) is 0 Å². The molecule has 13 heavy (non-hydrogen) atoms. The van der Waals surface area contributed by atoms with E-state index in [1.165, 1.54) is 7.11 Å². The zero-order chi connectivity index (χ0) is 9.90. The molecule has 0 aliphatic carbocycles. The largest absolute Gasteiger partial charge is 0.452 e. The van der Waals surface area contributed by atoms with E-state index in [0.29, 0.717) is 12.4 Å². The van der Waals surface area contributed by atoms with Gasteiger partial charge in [-0.05, 0) is 6.92 Å². The van der Waals surface area contributed by atoms with E-state index in [0.717, 1.165) is 0 Å². The highest BCUT2D eigenvalue weighted by molar-refractivity contribution is 5.03. The van der Waals surface area contributed by atoms with Crippen molar-refractivity contribution in [2.45, 2.75) is 12.5 Å². The van der Waals surface area contributed by atoms with Gasteiger partial charge >= 0.3 is 6.08 Å². The van der Waals surface area contributed by atoms with Gasteiger partial charge in [-0.25, -0.2) is 0 Å². The van der Waals surface area contributed by atoms with E-state index in [2.05, 4.69) is 10.1 Å². The van der Waals surface area contributed by atoms with Gasteiger partial charge in [-0.1, -0.05) is 5.16 Å². The molecule has 74 valence electrons. The van der Waals surface area contributed by atoms with Crippen LogP contribution < -0.4 is 10.5 Å². The Balaban J connectivity index is 2.80. The lowest BCUT2D eigenvalue weighted by Crippen LogP contribution is -2.38. The normalized spacial score (nSPS) is 15.4. The van der Waals surface area contributed by atoms with Gasteiger partial charge in [0.2, 0.25) is 0 Å². The number of rotatable bonds is 4. The van der Waals surface area contributed by atoms with E-state index < -0.39 is 5.54 Å². The number of hydrogen-bond donors (Lipinski definition) is 1. The maximum atomic E-state index is 5.85. The summed E-state index contributed by atoms with van der Waals surface area (Å²) in [6.45, 7) is 2.07. The molecule has 0 saturated heterocycles. The van der Waals surface area contributed by atoms with Crippen LogP contribution >= 0.6 is 0 Å². The number of nitrogens with zero attached hydrogens (tertiary/aromatic N) is 2. The molecule has 0 amide bonds. The van der Waals surface area contributed by atoms with Crippen molar-refractivity contribution in [3.8, 4) is 6.08 Å². The minimum absolute atomic E-state index is 0.0998. The average Bonchev–Trinajstić information content (AvgIpc) is 2.52. The molecule has 0 spiro atoms. The quantitative estimate of drug-likeness (QED) is 0.708. The molecule has 1 unspecified atom stereocenters. The second kappa shape index (κ2) is 3.71. The first kappa shape index (κ1) is 9.94. The molecule has 2 N–H and O–H groups in total. The van der Waals surface area contributed by atoms with Crippen molar-refractivity contribution in [1.29, 1.82) is 0 Å². The van der Waals surface area contributed by atoms with Crippen molar-refractivity contribution in [2.24, 2.45) is 5.73 Å². The van der Waals surface area contributed by atoms with Crippen LogP contribution in [0.15, 0.2) is 4.52 Å². The fourth-order valence-electron chi connectivity index (χ4n) is 0.889. The highest BCUT2D eigenvalue weighted by Gasteiger charge is 2.27. The van der Waals surface area contributed by atoms with Crippen LogP contribution in [0.1, 0.15) is 12.7 Å². The Labute approximate surface area is 76.0 Å². The molecule has 1 atom stereocenters. The van der Waals surface area contributed by atoms with E-state index in [-0.39, 0.29) is 6.08 Å². The molecule has 1 aromatic rings. The molecule has 0 saturated carbocycles. The standard InChI is InChI=1S/C7H13N3O3/c1-7(8,4-11-2)5-9-6(12-3)13-10-5/h4,8H2,1-3H3. The Kier molecular flexibility index (Phi) is 2.84. The van der Waals surface area contributed by atoms with E-state index in [1.807, 2.05) is 0 Å². The van der Waals surface area contributed by atoms with Crippen LogP contribution in [0.2, 0.25) is 0 Å². The van der Waals surface area contributed by atoms with Crippen LogP contribution in [-0.4, -0.2) is 31.0 Å². The van der Waals surface area contributed by atoms with Gasteiger partial charge in [0.05, 0.1) is 13.7 Å². The van der Waals surface area contributed by atoms with Crippen LogP contribution in [0.3, 0.4) is 0 Å². The van der Waals surface area contributed by atoms with E-state index in [4.69, 9.17) is 19.7 Å². The van der Waals surface area contributed by atoms with Gasteiger partial charge in [-0.2, -0.15) is 4.98 Å². The van der Waals surface area contributed by atoms with Crippen molar-refractivity contribution < 1.29 is 14.0 Å². The molecule has 0 aromatic carbocycles. The van der Waals surface area contributed by atoms with Gasteiger partial charge in [0.1, 0.15) is 5.54 Å². The third-order valence-electron chi connectivity index (χ3n) is 1.54. The predicted octanol–water partition coefficient (Wildman–Crippen LogP) is -0.102. The number of aromatic nitrogens is 2. The molecule has 6 nitrogen and oxygen atoms in total. The van der Waals surface area contributed by atoms with E-state index in [1.54, 1.807) is 14.0 Å². The minimum atomic E-state index is -0.755. The van der Waals surface area contributed by atoms with Crippen LogP contribution in [-0.2, 0) is 10.3 Å². The fourth-order valence-corrected chi connectivity index (χ4v) is 0.889. The van der Waals surface area contributed by atoms with Crippen LogP contribution in [0, 0.1) is 0 Å². The summed E-state index contributed by atoms with van der Waals surface area (Å²) in [5, 5.41) is 3.66. The number of methoxy groups -OCH3 is 2. The Morgan fingerprint density at radius 3 is 2.69 bits per heavy atom. The smallest absolute Gasteiger partial charge is 0.417 e. The predicted molar refractivity (Wildman–Crippen MR) is 44.3 cm³/mol. The van der Waals surface area contributed by atoms with E-state index >= 15 is 0 Å². The summed E-state index contributed by atoms with van der Waals surface area (Å²) < 4.78 is 14.4. The van der Waals surface area contributed by atoms with Crippen LogP contribution in [0.25, 0.3) is 0 Å². The summed E-state index contributed by atoms with van der Waals surface area (Å²) in [4.78, 5) is 3.91. The molecule has 1 heterocycles. The molecule has 6 heteroatoms. The topological polar surface area (TPSA) is 83.4 Å². The first-order chi connectivity index (χ1) is 6.10. The Bertz CT molecular complexity index is 272. The second-order valence-corrected chi connectivity index (χ2v) is 2.94. The first-order valence-electron chi connectivity index (χ1n) is 3.76. The summed E-state index contributed by atoms with van der Waals surface area (Å²) >= 11 is 0. The third-order valence-corrected chi connectivity index (χ3v) is 1.54. The van der Waals surface area contributed by atoms with Gasteiger partial charge in [0, 0.05) is 7.11 Å². The fraction of sp³-hybridized carbons (Fsp3) is 0.714. The van der Waals surface area contributed by atoms with Crippen molar-refractivity contribution >= 4 is 0 Å². The van der Waals surface area contributed by atoms with Crippen molar-refractivity contribution in [3.63, 3.8) is 0 Å². The lowest BCUT2D eigenvalue weighted by atomic mass is 10.1. The highest BCUT2D eigenvalue weighted by Crippen LogP contribution is 2.16. The maximum Gasteiger partial charge on any atom is 0.417 e. The SMILES string of the molecule is COCC(C)(N)c1noc(OC)n1. The molecule has 1 rings (SSSR count). The molecule has 1 aromatic heterocycles. The lowest BCUT2D eigenvalue weighted by Gasteiger charge is -2.18. The number of nitrogens with two attached hydrogens (primary N) is 1. The Hall–Kier alpha value is -1.14. The monoisotopic (exact) mass is 187 g/mol. The van der Waals surface area contributed by atoms with Crippen molar-refractivity contribution in [3.05, 3.63) is 5.82 Å². The van der Waals surface area contributed by atoms with Crippen molar-refractivity contribution in [2.75, 3.05) is 20.8 Å². The zero-order valence-corrected chi connectivity index (χ0v) is 7.90. The van der Waals surface area contributed by atoms with Gasteiger partial charge in [0.15, 0.2) is 5.82 Å². The summed E-state index contributed by atoms with van der Waals surface area (Å²) in [5.74, 6) is 0.367. The molecule has 0 aliphatic heterocycles. The summed E-state index contributed by atoms with van der Waals surface area (Å²) in [5.41, 5.74) is 5.10. The van der Waals surface area contributed by atoms with Gasteiger partial charge in [-0.3, -0.25) is 4.52 Å². The molecule has 0 aliphatic rings. The minimum Gasteiger partial charge on any atom is -0.452 e. The second-order valence-electron chi connectivity index (χ2n) is 2.94. The molecular formula is C7H13N3O3. The Morgan fingerprint density at radius 2 is 2.23 bits per heavy atom.